The van der Waals surface area contributed by atoms with E-state index in [1.54, 1.807) is 30.3 Å². The average Bonchev–Trinajstić information content (AvgIpc) is 2.96. The Morgan fingerprint density at radius 3 is 2.19 bits per heavy atom. The average molecular weight is 375 g/mol. The summed E-state index contributed by atoms with van der Waals surface area (Å²) in [4.78, 5) is 29.5. The fraction of sp³-hybridized carbons (Fsp3) is 0.529. The van der Waals surface area contributed by atoms with Crippen LogP contribution >= 0.6 is 0 Å². The molecule has 3 atom stereocenters. The third kappa shape index (κ3) is 4.53. The summed E-state index contributed by atoms with van der Waals surface area (Å²) in [7, 11) is 0. The number of carbonyl (C=O) groups is 2. The first kappa shape index (κ1) is 20.2. The van der Waals surface area contributed by atoms with Crippen molar-refractivity contribution >= 4 is 11.9 Å². The van der Waals surface area contributed by atoms with Crippen LogP contribution < -0.4 is 0 Å². The Balaban J connectivity index is 2.38. The number of hydrogen-bond donors (Lipinski definition) is 0. The molecule has 0 amide bonds. The number of carbonyl (C=O) groups excluding carboxylic acids is 2. The zero-order valence-corrected chi connectivity index (χ0v) is 14.4. The van der Waals surface area contributed by atoms with Gasteiger partial charge >= 0.3 is 18.1 Å². The SMILES string of the molecule is CCOC(=O)[C@H]1[C@H](C(F)(F)F)ON(Cc2ccccc2)[C@H]1C(=O)OCC. The van der Waals surface area contributed by atoms with Gasteiger partial charge in [-0.05, 0) is 19.4 Å². The second-order valence-electron chi connectivity index (χ2n) is 5.60. The highest BCUT2D eigenvalue weighted by Crippen LogP contribution is 2.40. The molecule has 0 aromatic heterocycles. The molecule has 1 aromatic carbocycles. The Morgan fingerprint density at radius 1 is 1.08 bits per heavy atom. The Morgan fingerprint density at radius 2 is 1.65 bits per heavy atom. The molecule has 0 unspecified atom stereocenters. The second-order valence-corrected chi connectivity index (χ2v) is 5.60. The van der Waals surface area contributed by atoms with E-state index in [9.17, 15) is 22.8 Å². The van der Waals surface area contributed by atoms with Gasteiger partial charge in [0.25, 0.3) is 0 Å². The van der Waals surface area contributed by atoms with Crippen molar-refractivity contribution in [3.63, 3.8) is 0 Å². The second kappa shape index (κ2) is 8.50. The quantitative estimate of drug-likeness (QED) is 0.712. The van der Waals surface area contributed by atoms with Gasteiger partial charge in [0, 0.05) is 0 Å². The molecule has 1 saturated heterocycles. The number of benzene rings is 1. The van der Waals surface area contributed by atoms with Crippen LogP contribution in [0.2, 0.25) is 0 Å². The molecule has 1 aliphatic rings. The van der Waals surface area contributed by atoms with Gasteiger partial charge in [0.15, 0.2) is 6.10 Å². The van der Waals surface area contributed by atoms with E-state index in [1.807, 2.05) is 0 Å². The van der Waals surface area contributed by atoms with Crippen LogP contribution in [0.1, 0.15) is 19.4 Å². The molecule has 1 heterocycles. The lowest BCUT2D eigenvalue weighted by molar-refractivity contribution is -0.275. The van der Waals surface area contributed by atoms with Crippen molar-refractivity contribution in [2.75, 3.05) is 13.2 Å². The minimum absolute atomic E-state index is 0.0409. The van der Waals surface area contributed by atoms with Crippen LogP contribution in [0, 0.1) is 5.92 Å². The summed E-state index contributed by atoms with van der Waals surface area (Å²) in [5.41, 5.74) is 0.618. The smallest absolute Gasteiger partial charge is 0.417 e. The summed E-state index contributed by atoms with van der Waals surface area (Å²) >= 11 is 0. The van der Waals surface area contributed by atoms with Gasteiger partial charge in [-0.3, -0.25) is 14.4 Å². The third-order valence-corrected chi connectivity index (χ3v) is 3.82. The fourth-order valence-electron chi connectivity index (χ4n) is 2.77. The lowest BCUT2D eigenvalue weighted by Gasteiger charge is -2.23. The van der Waals surface area contributed by atoms with Crippen molar-refractivity contribution in [2.45, 2.75) is 38.7 Å². The molecule has 1 fully saturated rings. The lowest BCUT2D eigenvalue weighted by atomic mass is 9.94. The fourth-order valence-corrected chi connectivity index (χ4v) is 2.77. The van der Waals surface area contributed by atoms with Gasteiger partial charge in [0.1, 0.15) is 12.0 Å². The molecule has 0 N–H and O–H groups in total. The van der Waals surface area contributed by atoms with Crippen molar-refractivity contribution in [1.82, 2.24) is 5.06 Å². The minimum Gasteiger partial charge on any atom is -0.466 e. The number of nitrogens with zero attached hydrogens (tertiary/aromatic N) is 1. The van der Waals surface area contributed by atoms with Crippen LogP contribution in [0.5, 0.6) is 0 Å². The highest BCUT2D eigenvalue weighted by Gasteiger charge is 2.62. The molecule has 0 radical (unpaired) electrons. The molecule has 26 heavy (non-hydrogen) atoms. The summed E-state index contributed by atoms with van der Waals surface area (Å²) < 4.78 is 49.9. The van der Waals surface area contributed by atoms with Gasteiger partial charge in [-0.1, -0.05) is 30.3 Å². The number of rotatable bonds is 6. The number of ether oxygens (including phenoxy) is 2. The number of halogens is 3. The number of esters is 2. The first-order valence-electron chi connectivity index (χ1n) is 8.16. The van der Waals surface area contributed by atoms with E-state index in [-0.39, 0.29) is 19.8 Å². The Labute approximate surface area is 148 Å². The van der Waals surface area contributed by atoms with Gasteiger partial charge < -0.3 is 9.47 Å². The monoisotopic (exact) mass is 375 g/mol. The molecule has 1 aromatic rings. The van der Waals surface area contributed by atoms with Crippen LogP contribution in [-0.4, -0.2) is 48.5 Å². The molecule has 0 saturated carbocycles. The van der Waals surface area contributed by atoms with Crippen LogP contribution in [-0.2, 0) is 30.4 Å². The lowest BCUT2D eigenvalue weighted by Crippen LogP contribution is -2.46. The molecule has 1 aliphatic heterocycles. The van der Waals surface area contributed by atoms with E-state index >= 15 is 0 Å². The summed E-state index contributed by atoms with van der Waals surface area (Å²) in [5.74, 6) is -3.98. The Bertz CT molecular complexity index is 623. The van der Waals surface area contributed by atoms with Crippen molar-refractivity contribution < 1.29 is 37.1 Å². The largest absolute Gasteiger partial charge is 0.466 e. The maximum atomic E-state index is 13.4. The van der Waals surface area contributed by atoms with E-state index in [0.717, 1.165) is 5.06 Å². The molecule has 6 nitrogen and oxygen atoms in total. The molecular formula is C17H20F3NO5. The molecule has 0 aliphatic carbocycles. The normalized spacial score (nSPS) is 23.7. The highest BCUT2D eigenvalue weighted by molar-refractivity contribution is 5.85. The topological polar surface area (TPSA) is 65.1 Å². The molecule has 0 spiro atoms. The van der Waals surface area contributed by atoms with E-state index in [4.69, 9.17) is 14.3 Å². The van der Waals surface area contributed by atoms with Gasteiger partial charge in [-0.15, -0.1) is 0 Å². The Kier molecular flexibility index (Phi) is 6.60. The summed E-state index contributed by atoms with van der Waals surface area (Å²) in [6.07, 6.45) is -7.34. The van der Waals surface area contributed by atoms with Crippen molar-refractivity contribution in [1.29, 1.82) is 0 Å². The van der Waals surface area contributed by atoms with E-state index in [2.05, 4.69) is 0 Å². The maximum Gasteiger partial charge on any atom is 0.417 e. The van der Waals surface area contributed by atoms with Gasteiger partial charge in [-0.25, -0.2) is 0 Å². The molecule has 2 rings (SSSR count). The first-order chi connectivity index (χ1) is 12.3. The minimum atomic E-state index is -4.85. The molecule has 9 heteroatoms. The van der Waals surface area contributed by atoms with Crippen molar-refractivity contribution in [3.8, 4) is 0 Å². The van der Waals surface area contributed by atoms with Crippen LogP contribution in [0.15, 0.2) is 30.3 Å². The standard InChI is InChI=1S/C17H20F3NO5/c1-3-24-15(22)12-13(16(23)25-4-2)21(26-14(12)17(18,19)20)10-11-8-6-5-7-9-11/h5-9,12-14H,3-4,10H2,1-2H3/t12-,13-,14-/m1/s1. The van der Waals surface area contributed by atoms with Crippen LogP contribution in [0.25, 0.3) is 0 Å². The predicted molar refractivity (Wildman–Crippen MR) is 83.5 cm³/mol. The third-order valence-electron chi connectivity index (χ3n) is 3.82. The molecule has 0 bridgehead atoms. The maximum absolute atomic E-state index is 13.4. The summed E-state index contributed by atoms with van der Waals surface area (Å²) in [6, 6.07) is 6.94. The molecule has 144 valence electrons. The van der Waals surface area contributed by atoms with E-state index in [1.165, 1.54) is 13.8 Å². The predicted octanol–water partition coefficient (Wildman–Crippen LogP) is 2.48. The Hall–Kier alpha value is -2.13. The van der Waals surface area contributed by atoms with E-state index < -0.39 is 36.2 Å². The van der Waals surface area contributed by atoms with Crippen molar-refractivity contribution in [2.24, 2.45) is 5.92 Å². The van der Waals surface area contributed by atoms with Gasteiger partial charge in [0.05, 0.1) is 19.8 Å². The summed E-state index contributed by atoms with van der Waals surface area (Å²) in [5, 5.41) is 0.854. The zero-order valence-electron chi connectivity index (χ0n) is 14.4. The van der Waals surface area contributed by atoms with Gasteiger partial charge in [0.2, 0.25) is 0 Å². The number of hydrogen-bond acceptors (Lipinski definition) is 6. The number of hydroxylamine groups is 2. The first-order valence-corrected chi connectivity index (χ1v) is 8.16. The number of alkyl halides is 3. The van der Waals surface area contributed by atoms with Crippen LogP contribution in [0.4, 0.5) is 13.2 Å². The van der Waals surface area contributed by atoms with Gasteiger partial charge in [-0.2, -0.15) is 18.2 Å². The van der Waals surface area contributed by atoms with Crippen LogP contribution in [0.3, 0.4) is 0 Å². The highest BCUT2D eigenvalue weighted by atomic mass is 19.4. The molecular weight excluding hydrogens is 355 g/mol. The van der Waals surface area contributed by atoms with Crippen molar-refractivity contribution in [3.05, 3.63) is 35.9 Å². The summed E-state index contributed by atoms with van der Waals surface area (Å²) in [6.45, 7) is 2.72. The zero-order chi connectivity index (χ0) is 19.3. The van der Waals surface area contributed by atoms with E-state index in [0.29, 0.717) is 5.56 Å².